The normalized spacial score (nSPS) is 16.9. The number of nitrogens with two attached hydrogens (primary N) is 1. The van der Waals surface area contributed by atoms with Gasteiger partial charge in [0.05, 0.1) is 0 Å². The van der Waals surface area contributed by atoms with Crippen molar-refractivity contribution in [3.63, 3.8) is 0 Å². The summed E-state index contributed by atoms with van der Waals surface area (Å²) in [5.41, 5.74) is 0. The number of carbonyl (C=O) groups is 1. The SMILES string of the molecule is NN1CCN(C(=O)COc2ccccc2)CC1. The third-order valence-electron chi connectivity index (χ3n) is 2.77. The maximum Gasteiger partial charge on any atom is 0.260 e. The van der Waals surface area contributed by atoms with Crippen LogP contribution in [0.5, 0.6) is 5.75 Å². The second-order valence-corrected chi connectivity index (χ2v) is 4.02. The van der Waals surface area contributed by atoms with Crippen molar-refractivity contribution < 1.29 is 9.53 Å². The summed E-state index contributed by atoms with van der Waals surface area (Å²) in [6.45, 7) is 2.88. The molecule has 1 aromatic rings. The van der Waals surface area contributed by atoms with Gasteiger partial charge in [-0.25, -0.2) is 5.01 Å². The molecular weight excluding hydrogens is 218 g/mol. The first-order chi connectivity index (χ1) is 8.25. The first-order valence-corrected chi connectivity index (χ1v) is 5.71. The van der Waals surface area contributed by atoms with Crippen molar-refractivity contribution in [2.45, 2.75) is 0 Å². The van der Waals surface area contributed by atoms with Gasteiger partial charge in [0.2, 0.25) is 0 Å². The van der Waals surface area contributed by atoms with E-state index in [-0.39, 0.29) is 12.5 Å². The highest BCUT2D eigenvalue weighted by molar-refractivity contribution is 5.77. The Hall–Kier alpha value is -1.59. The van der Waals surface area contributed by atoms with Crippen molar-refractivity contribution >= 4 is 5.91 Å². The molecule has 17 heavy (non-hydrogen) atoms. The lowest BCUT2D eigenvalue weighted by Crippen LogP contribution is -2.52. The van der Waals surface area contributed by atoms with Crippen molar-refractivity contribution in [2.24, 2.45) is 5.84 Å². The lowest BCUT2D eigenvalue weighted by Gasteiger charge is -2.31. The van der Waals surface area contributed by atoms with Gasteiger partial charge in [0.15, 0.2) is 6.61 Å². The molecular formula is C12H17N3O2. The van der Waals surface area contributed by atoms with Gasteiger partial charge in [-0.2, -0.15) is 0 Å². The highest BCUT2D eigenvalue weighted by Crippen LogP contribution is 2.08. The summed E-state index contributed by atoms with van der Waals surface area (Å²) in [5.74, 6) is 6.36. The topological polar surface area (TPSA) is 58.8 Å². The van der Waals surface area contributed by atoms with Gasteiger partial charge in [-0.1, -0.05) is 18.2 Å². The largest absolute Gasteiger partial charge is 0.484 e. The molecule has 1 saturated heterocycles. The van der Waals surface area contributed by atoms with Crippen LogP contribution in [0.4, 0.5) is 0 Å². The van der Waals surface area contributed by atoms with Crippen molar-refractivity contribution in [1.82, 2.24) is 9.91 Å². The van der Waals surface area contributed by atoms with E-state index in [2.05, 4.69) is 0 Å². The van der Waals surface area contributed by atoms with E-state index in [1.165, 1.54) is 0 Å². The molecule has 0 unspecified atom stereocenters. The number of ether oxygens (including phenoxy) is 1. The summed E-state index contributed by atoms with van der Waals surface area (Å²) < 4.78 is 5.41. The van der Waals surface area contributed by atoms with Gasteiger partial charge in [0.1, 0.15) is 5.75 Å². The molecule has 0 radical (unpaired) electrons. The van der Waals surface area contributed by atoms with E-state index in [1.54, 1.807) is 9.91 Å². The van der Waals surface area contributed by atoms with E-state index >= 15 is 0 Å². The minimum atomic E-state index is 0.0157. The zero-order chi connectivity index (χ0) is 12.1. The first kappa shape index (κ1) is 11.9. The van der Waals surface area contributed by atoms with E-state index in [9.17, 15) is 4.79 Å². The van der Waals surface area contributed by atoms with Gasteiger partial charge in [-0.15, -0.1) is 0 Å². The van der Waals surface area contributed by atoms with Crippen LogP contribution in [0.3, 0.4) is 0 Å². The summed E-state index contributed by atoms with van der Waals surface area (Å²) in [7, 11) is 0. The smallest absolute Gasteiger partial charge is 0.260 e. The molecule has 1 aliphatic heterocycles. The van der Waals surface area contributed by atoms with Gasteiger partial charge in [-0.3, -0.25) is 10.6 Å². The number of para-hydroxylation sites is 1. The Kier molecular flexibility index (Phi) is 3.95. The number of hydrogen-bond donors (Lipinski definition) is 1. The molecule has 1 aromatic carbocycles. The van der Waals surface area contributed by atoms with E-state index in [4.69, 9.17) is 10.6 Å². The Balaban J connectivity index is 1.78. The Morgan fingerprint density at radius 2 is 1.82 bits per heavy atom. The number of hydrogen-bond acceptors (Lipinski definition) is 4. The number of amides is 1. The molecule has 5 heteroatoms. The second-order valence-electron chi connectivity index (χ2n) is 4.02. The van der Waals surface area contributed by atoms with Crippen molar-refractivity contribution in [1.29, 1.82) is 0 Å². The molecule has 1 fully saturated rings. The molecule has 0 bridgehead atoms. The van der Waals surface area contributed by atoms with Gasteiger partial charge < -0.3 is 9.64 Å². The molecule has 2 rings (SSSR count). The molecule has 0 atom stereocenters. The summed E-state index contributed by atoms with van der Waals surface area (Å²) in [6.07, 6.45) is 0. The van der Waals surface area contributed by atoms with Crippen LogP contribution in [-0.4, -0.2) is 48.6 Å². The predicted octanol–water partition coefficient (Wildman–Crippen LogP) is 0.0833. The van der Waals surface area contributed by atoms with E-state index in [1.807, 2.05) is 30.3 Å². The van der Waals surface area contributed by atoms with Crippen molar-refractivity contribution in [2.75, 3.05) is 32.8 Å². The quantitative estimate of drug-likeness (QED) is 0.754. The fourth-order valence-electron chi connectivity index (χ4n) is 1.72. The zero-order valence-electron chi connectivity index (χ0n) is 9.71. The first-order valence-electron chi connectivity index (χ1n) is 5.71. The average Bonchev–Trinajstić information content (AvgIpc) is 2.38. The lowest BCUT2D eigenvalue weighted by atomic mass is 10.3. The summed E-state index contributed by atoms with van der Waals surface area (Å²) in [6, 6.07) is 9.35. The van der Waals surface area contributed by atoms with Crippen LogP contribution in [0.1, 0.15) is 0 Å². The van der Waals surface area contributed by atoms with Crippen molar-refractivity contribution in [3.05, 3.63) is 30.3 Å². The van der Waals surface area contributed by atoms with Gasteiger partial charge in [0.25, 0.3) is 5.91 Å². The van der Waals surface area contributed by atoms with Gasteiger partial charge in [-0.05, 0) is 12.1 Å². The van der Waals surface area contributed by atoms with Crippen LogP contribution in [0.2, 0.25) is 0 Å². The molecule has 0 spiro atoms. The highest BCUT2D eigenvalue weighted by Gasteiger charge is 2.19. The highest BCUT2D eigenvalue weighted by atomic mass is 16.5. The van der Waals surface area contributed by atoms with E-state index < -0.39 is 0 Å². The number of carbonyl (C=O) groups excluding carboxylic acids is 1. The molecule has 0 aromatic heterocycles. The molecule has 5 nitrogen and oxygen atoms in total. The van der Waals surface area contributed by atoms with Crippen LogP contribution in [-0.2, 0) is 4.79 Å². The number of piperazine rings is 1. The third-order valence-corrected chi connectivity index (χ3v) is 2.77. The molecule has 0 saturated carbocycles. The van der Waals surface area contributed by atoms with Crippen LogP contribution < -0.4 is 10.6 Å². The molecule has 1 heterocycles. The summed E-state index contributed by atoms with van der Waals surface area (Å²) >= 11 is 0. The minimum Gasteiger partial charge on any atom is -0.484 e. The molecule has 1 amide bonds. The molecule has 1 aliphatic rings. The molecule has 0 aliphatic carbocycles. The van der Waals surface area contributed by atoms with Crippen LogP contribution >= 0.6 is 0 Å². The van der Waals surface area contributed by atoms with E-state index in [0.29, 0.717) is 13.1 Å². The van der Waals surface area contributed by atoms with Crippen LogP contribution in [0, 0.1) is 0 Å². The standard InChI is InChI=1S/C12H17N3O2/c13-15-8-6-14(7-9-15)12(16)10-17-11-4-2-1-3-5-11/h1-5H,6-10,13H2. The zero-order valence-corrected chi connectivity index (χ0v) is 9.71. The van der Waals surface area contributed by atoms with Gasteiger partial charge in [0, 0.05) is 26.2 Å². The third kappa shape index (κ3) is 3.44. The van der Waals surface area contributed by atoms with E-state index in [0.717, 1.165) is 18.8 Å². The number of hydrazine groups is 1. The Morgan fingerprint density at radius 3 is 2.47 bits per heavy atom. The maximum atomic E-state index is 11.8. The minimum absolute atomic E-state index is 0.0157. The average molecular weight is 235 g/mol. The van der Waals surface area contributed by atoms with Crippen LogP contribution in [0.15, 0.2) is 30.3 Å². The predicted molar refractivity (Wildman–Crippen MR) is 64.3 cm³/mol. The van der Waals surface area contributed by atoms with Gasteiger partial charge >= 0.3 is 0 Å². The monoisotopic (exact) mass is 235 g/mol. The summed E-state index contributed by atoms with van der Waals surface area (Å²) in [4.78, 5) is 13.6. The van der Waals surface area contributed by atoms with Crippen molar-refractivity contribution in [3.8, 4) is 5.75 Å². The Bertz CT molecular complexity index is 361. The van der Waals surface area contributed by atoms with Crippen LogP contribution in [0.25, 0.3) is 0 Å². The lowest BCUT2D eigenvalue weighted by molar-refractivity contribution is -0.135. The number of nitrogens with zero attached hydrogens (tertiary/aromatic N) is 2. The second kappa shape index (κ2) is 5.65. The fraction of sp³-hybridized carbons (Fsp3) is 0.417. The Morgan fingerprint density at radius 1 is 1.18 bits per heavy atom. The Labute approximate surface area is 101 Å². The maximum absolute atomic E-state index is 11.8. The molecule has 2 N–H and O–H groups in total. The number of benzene rings is 1. The molecule has 92 valence electrons. The summed E-state index contributed by atoms with van der Waals surface area (Å²) in [5, 5.41) is 1.72. The number of rotatable bonds is 3. The fourth-order valence-corrected chi connectivity index (χ4v) is 1.72.